The molecule has 0 aliphatic heterocycles. The first kappa shape index (κ1) is 17.2. The first-order valence-corrected chi connectivity index (χ1v) is 8.14. The standard InChI is InChI=1S/C19H17ClFN3O/c1-11-4-7-15(21)10-17(11)22-19(25)14-5-8-16(9-6-14)24-13(3)18(20)12(2)23-24/h4-10H,1-3H3,(H,22,25). The van der Waals surface area contributed by atoms with Gasteiger partial charge in [-0.25, -0.2) is 9.07 Å². The SMILES string of the molecule is Cc1ccc(F)cc1NC(=O)c1ccc(-n2nc(C)c(Cl)c2C)cc1. The Morgan fingerprint density at radius 2 is 1.80 bits per heavy atom. The van der Waals surface area contributed by atoms with Crippen LogP contribution in [0.2, 0.25) is 5.02 Å². The van der Waals surface area contributed by atoms with Crippen molar-refractivity contribution in [3.05, 3.63) is 75.8 Å². The molecule has 0 spiro atoms. The van der Waals surface area contributed by atoms with E-state index in [-0.39, 0.29) is 5.91 Å². The van der Waals surface area contributed by atoms with E-state index in [4.69, 9.17) is 11.6 Å². The molecule has 3 rings (SSSR count). The van der Waals surface area contributed by atoms with Crippen LogP contribution < -0.4 is 5.32 Å². The maximum absolute atomic E-state index is 13.3. The summed E-state index contributed by atoms with van der Waals surface area (Å²) in [4.78, 5) is 12.4. The highest BCUT2D eigenvalue weighted by molar-refractivity contribution is 6.31. The topological polar surface area (TPSA) is 46.9 Å². The number of rotatable bonds is 3. The van der Waals surface area contributed by atoms with Gasteiger partial charge in [0.05, 0.1) is 22.1 Å². The van der Waals surface area contributed by atoms with Gasteiger partial charge >= 0.3 is 0 Å². The molecule has 1 heterocycles. The summed E-state index contributed by atoms with van der Waals surface area (Å²) >= 11 is 6.17. The van der Waals surface area contributed by atoms with Gasteiger partial charge in [0.25, 0.3) is 5.91 Å². The van der Waals surface area contributed by atoms with E-state index in [0.29, 0.717) is 16.3 Å². The largest absolute Gasteiger partial charge is 0.322 e. The minimum absolute atomic E-state index is 0.299. The Morgan fingerprint density at radius 1 is 1.12 bits per heavy atom. The van der Waals surface area contributed by atoms with E-state index < -0.39 is 5.82 Å². The fraction of sp³-hybridized carbons (Fsp3) is 0.158. The summed E-state index contributed by atoms with van der Waals surface area (Å²) in [7, 11) is 0. The lowest BCUT2D eigenvalue weighted by Gasteiger charge is -2.09. The van der Waals surface area contributed by atoms with E-state index in [1.165, 1.54) is 12.1 Å². The summed E-state index contributed by atoms with van der Waals surface area (Å²) in [5.74, 6) is -0.690. The summed E-state index contributed by atoms with van der Waals surface area (Å²) in [6, 6.07) is 11.3. The predicted molar refractivity (Wildman–Crippen MR) is 97.1 cm³/mol. The Balaban J connectivity index is 1.83. The molecule has 2 aromatic carbocycles. The van der Waals surface area contributed by atoms with Crippen LogP contribution in [0.1, 0.15) is 27.3 Å². The van der Waals surface area contributed by atoms with Gasteiger partial charge in [-0.15, -0.1) is 0 Å². The summed E-state index contributed by atoms with van der Waals surface area (Å²) in [5.41, 5.74) is 4.13. The predicted octanol–water partition coefficient (Wildman–Crippen LogP) is 4.84. The molecule has 0 unspecified atom stereocenters. The van der Waals surface area contributed by atoms with E-state index in [2.05, 4.69) is 10.4 Å². The Bertz CT molecular complexity index is 948. The molecule has 6 heteroatoms. The Labute approximate surface area is 150 Å². The molecule has 0 saturated carbocycles. The minimum atomic E-state index is -0.391. The van der Waals surface area contributed by atoms with Crippen molar-refractivity contribution in [1.82, 2.24) is 9.78 Å². The van der Waals surface area contributed by atoms with Gasteiger partial charge < -0.3 is 5.32 Å². The lowest BCUT2D eigenvalue weighted by atomic mass is 10.1. The number of aromatic nitrogens is 2. The Kier molecular flexibility index (Phi) is 4.59. The number of hydrogen-bond donors (Lipinski definition) is 1. The van der Waals surface area contributed by atoms with Crippen molar-refractivity contribution in [3.8, 4) is 5.69 Å². The van der Waals surface area contributed by atoms with Crippen molar-refractivity contribution < 1.29 is 9.18 Å². The van der Waals surface area contributed by atoms with Gasteiger partial charge in [0, 0.05) is 11.3 Å². The number of aryl methyl sites for hydroxylation is 2. The molecule has 128 valence electrons. The molecule has 0 saturated heterocycles. The zero-order valence-corrected chi connectivity index (χ0v) is 14.9. The van der Waals surface area contributed by atoms with Crippen LogP contribution in [0.3, 0.4) is 0 Å². The summed E-state index contributed by atoms with van der Waals surface area (Å²) < 4.78 is 15.1. The van der Waals surface area contributed by atoms with Gasteiger partial charge in [0.2, 0.25) is 0 Å². The minimum Gasteiger partial charge on any atom is -0.322 e. The fourth-order valence-electron chi connectivity index (χ4n) is 2.55. The van der Waals surface area contributed by atoms with E-state index in [9.17, 15) is 9.18 Å². The third-order valence-electron chi connectivity index (χ3n) is 4.02. The summed E-state index contributed by atoms with van der Waals surface area (Å²) in [6.07, 6.45) is 0. The van der Waals surface area contributed by atoms with Crippen LogP contribution in [-0.4, -0.2) is 15.7 Å². The molecule has 0 bridgehead atoms. The highest BCUT2D eigenvalue weighted by Crippen LogP contribution is 2.23. The fourth-order valence-corrected chi connectivity index (χ4v) is 2.67. The van der Waals surface area contributed by atoms with Crippen molar-refractivity contribution in [3.63, 3.8) is 0 Å². The second-order valence-electron chi connectivity index (χ2n) is 5.86. The van der Waals surface area contributed by atoms with Crippen molar-refractivity contribution in [1.29, 1.82) is 0 Å². The zero-order valence-electron chi connectivity index (χ0n) is 14.1. The highest BCUT2D eigenvalue weighted by Gasteiger charge is 2.12. The van der Waals surface area contributed by atoms with Gasteiger partial charge in [-0.3, -0.25) is 4.79 Å². The molecule has 0 fully saturated rings. The smallest absolute Gasteiger partial charge is 0.255 e. The van der Waals surface area contributed by atoms with Crippen LogP contribution in [0.4, 0.5) is 10.1 Å². The van der Waals surface area contributed by atoms with Crippen LogP contribution in [0.5, 0.6) is 0 Å². The van der Waals surface area contributed by atoms with Crippen LogP contribution >= 0.6 is 11.6 Å². The Morgan fingerprint density at radius 3 is 2.40 bits per heavy atom. The first-order chi connectivity index (χ1) is 11.9. The van der Waals surface area contributed by atoms with Crippen LogP contribution in [-0.2, 0) is 0 Å². The first-order valence-electron chi connectivity index (χ1n) is 7.76. The molecule has 4 nitrogen and oxygen atoms in total. The lowest BCUT2D eigenvalue weighted by molar-refractivity contribution is 0.102. The molecular weight excluding hydrogens is 341 g/mol. The Hall–Kier alpha value is -2.66. The number of benzene rings is 2. The number of carbonyl (C=O) groups is 1. The van der Waals surface area contributed by atoms with Crippen molar-refractivity contribution in [2.24, 2.45) is 0 Å². The maximum Gasteiger partial charge on any atom is 0.255 e. The summed E-state index contributed by atoms with van der Waals surface area (Å²) in [6.45, 7) is 5.54. The van der Waals surface area contributed by atoms with Crippen LogP contribution in [0.25, 0.3) is 5.69 Å². The molecule has 0 aliphatic rings. The molecule has 3 aromatic rings. The van der Waals surface area contributed by atoms with Crippen molar-refractivity contribution in [2.75, 3.05) is 5.32 Å². The van der Waals surface area contributed by atoms with Gasteiger partial charge in [-0.05, 0) is 62.7 Å². The van der Waals surface area contributed by atoms with Gasteiger partial charge in [0.1, 0.15) is 5.82 Å². The molecule has 0 atom stereocenters. The molecule has 25 heavy (non-hydrogen) atoms. The summed E-state index contributed by atoms with van der Waals surface area (Å²) in [5, 5.41) is 7.74. The average Bonchev–Trinajstić information content (AvgIpc) is 2.86. The number of amides is 1. The molecule has 1 N–H and O–H groups in total. The molecular formula is C19H17ClFN3O. The van der Waals surface area contributed by atoms with Crippen LogP contribution in [0.15, 0.2) is 42.5 Å². The third kappa shape index (κ3) is 3.42. The normalized spacial score (nSPS) is 10.8. The molecule has 0 radical (unpaired) electrons. The number of nitrogens with zero attached hydrogens (tertiary/aromatic N) is 2. The average molecular weight is 358 g/mol. The van der Waals surface area contributed by atoms with Gasteiger partial charge in [-0.1, -0.05) is 17.7 Å². The number of nitrogens with one attached hydrogen (secondary N) is 1. The van der Waals surface area contributed by atoms with Crippen LogP contribution in [0, 0.1) is 26.6 Å². The lowest BCUT2D eigenvalue weighted by Crippen LogP contribution is -2.13. The van der Waals surface area contributed by atoms with E-state index in [1.807, 2.05) is 20.8 Å². The molecule has 1 amide bonds. The number of anilines is 1. The third-order valence-corrected chi connectivity index (χ3v) is 4.57. The number of carbonyl (C=O) groups excluding carboxylic acids is 1. The molecule has 1 aromatic heterocycles. The number of hydrogen-bond acceptors (Lipinski definition) is 2. The second kappa shape index (κ2) is 6.69. The maximum atomic E-state index is 13.3. The zero-order chi connectivity index (χ0) is 18.1. The molecule has 0 aliphatic carbocycles. The highest BCUT2D eigenvalue weighted by atomic mass is 35.5. The monoisotopic (exact) mass is 357 g/mol. The van der Waals surface area contributed by atoms with Gasteiger partial charge in [-0.2, -0.15) is 5.10 Å². The van der Waals surface area contributed by atoms with E-state index >= 15 is 0 Å². The number of halogens is 2. The van der Waals surface area contributed by atoms with Crippen molar-refractivity contribution in [2.45, 2.75) is 20.8 Å². The quantitative estimate of drug-likeness (QED) is 0.728. The van der Waals surface area contributed by atoms with Crippen molar-refractivity contribution >= 4 is 23.2 Å². The van der Waals surface area contributed by atoms with E-state index in [0.717, 1.165) is 22.6 Å². The van der Waals surface area contributed by atoms with Gasteiger partial charge in [0.15, 0.2) is 0 Å². The van der Waals surface area contributed by atoms with E-state index in [1.54, 1.807) is 35.0 Å². The second-order valence-corrected chi connectivity index (χ2v) is 6.23.